The van der Waals surface area contributed by atoms with Crippen LogP contribution in [-0.4, -0.2) is 49.2 Å². The zero-order chi connectivity index (χ0) is 9.68. The summed E-state index contributed by atoms with van der Waals surface area (Å²) in [6.07, 6.45) is 0.876. The lowest BCUT2D eigenvalue weighted by Gasteiger charge is -2.30. The largest absolute Gasteiger partial charge is 0.411 e. The van der Waals surface area contributed by atoms with Gasteiger partial charge < -0.3 is 14.8 Å². The monoisotopic (exact) mass is 186 g/mol. The molecule has 4 nitrogen and oxygen atoms in total. The topological polar surface area (TPSA) is 45.1 Å². The van der Waals surface area contributed by atoms with Crippen LogP contribution in [-0.2, 0) is 4.74 Å². The number of oxime groups is 1. The van der Waals surface area contributed by atoms with Crippen molar-refractivity contribution in [3.05, 3.63) is 0 Å². The van der Waals surface area contributed by atoms with Gasteiger partial charge in [-0.1, -0.05) is 12.1 Å². The van der Waals surface area contributed by atoms with Gasteiger partial charge in [0.2, 0.25) is 0 Å². The molecule has 1 aliphatic heterocycles. The van der Waals surface area contributed by atoms with Gasteiger partial charge in [-0.25, -0.2) is 0 Å². The molecule has 4 heteroatoms. The van der Waals surface area contributed by atoms with Crippen LogP contribution >= 0.6 is 0 Å². The van der Waals surface area contributed by atoms with E-state index < -0.39 is 0 Å². The average molecular weight is 186 g/mol. The lowest BCUT2D eigenvalue weighted by atomic mass is 9.98. The first kappa shape index (κ1) is 10.5. The molecular formula is C9H18N2O2. The van der Waals surface area contributed by atoms with Gasteiger partial charge in [-0.15, -0.1) is 0 Å². The number of methoxy groups -OCH3 is 1. The Bertz CT molecular complexity index is 182. The first-order valence-corrected chi connectivity index (χ1v) is 4.70. The van der Waals surface area contributed by atoms with E-state index in [9.17, 15) is 0 Å². The molecule has 76 valence electrons. The Hall–Kier alpha value is -0.610. The van der Waals surface area contributed by atoms with Crippen molar-refractivity contribution in [2.75, 3.05) is 33.4 Å². The normalized spacial score (nSPS) is 28.2. The summed E-state index contributed by atoms with van der Waals surface area (Å²) in [4.78, 5) is 2.34. The second kappa shape index (κ2) is 5.19. The van der Waals surface area contributed by atoms with Crippen molar-refractivity contribution in [2.45, 2.75) is 13.3 Å². The highest BCUT2D eigenvalue weighted by Gasteiger charge is 2.21. The smallest absolute Gasteiger partial charge is 0.0624 e. The van der Waals surface area contributed by atoms with Crippen molar-refractivity contribution < 1.29 is 9.94 Å². The maximum Gasteiger partial charge on any atom is 0.0624 e. The molecule has 0 spiro atoms. The Labute approximate surface area is 79.2 Å². The van der Waals surface area contributed by atoms with Gasteiger partial charge in [0.1, 0.15) is 0 Å². The minimum Gasteiger partial charge on any atom is -0.411 e. The van der Waals surface area contributed by atoms with Gasteiger partial charge in [0, 0.05) is 39.1 Å². The number of piperidine rings is 1. The summed E-state index contributed by atoms with van der Waals surface area (Å²) < 4.78 is 5.01. The quantitative estimate of drug-likeness (QED) is 0.524. The van der Waals surface area contributed by atoms with Gasteiger partial charge in [0.15, 0.2) is 0 Å². The zero-order valence-corrected chi connectivity index (χ0v) is 8.36. The molecule has 1 fully saturated rings. The first-order valence-electron chi connectivity index (χ1n) is 4.70. The number of likely N-dealkylation sites (tertiary alicyclic amines) is 1. The molecule has 0 aromatic carbocycles. The molecule has 1 N–H and O–H groups in total. The summed E-state index contributed by atoms with van der Waals surface area (Å²) in [5, 5.41) is 12.0. The lowest BCUT2D eigenvalue weighted by Crippen LogP contribution is -2.41. The summed E-state index contributed by atoms with van der Waals surface area (Å²) >= 11 is 0. The molecule has 0 radical (unpaired) electrons. The zero-order valence-electron chi connectivity index (χ0n) is 8.36. The molecule has 0 amide bonds. The summed E-state index contributed by atoms with van der Waals surface area (Å²) in [6, 6.07) is 0. The van der Waals surface area contributed by atoms with Crippen LogP contribution in [0.4, 0.5) is 0 Å². The summed E-state index contributed by atoms with van der Waals surface area (Å²) in [7, 11) is 1.72. The third kappa shape index (κ3) is 2.97. The second-order valence-electron chi connectivity index (χ2n) is 3.54. The molecule has 0 bridgehead atoms. The predicted molar refractivity (Wildman–Crippen MR) is 51.3 cm³/mol. The highest BCUT2D eigenvalue weighted by atomic mass is 16.5. The number of nitrogens with zero attached hydrogens (tertiary/aromatic N) is 2. The maximum absolute atomic E-state index is 8.67. The molecule has 13 heavy (non-hydrogen) atoms. The number of hydrogen-bond donors (Lipinski definition) is 1. The fourth-order valence-electron chi connectivity index (χ4n) is 1.68. The van der Waals surface area contributed by atoms with Crippen LogP contribution in [0.2, 0.25) is 0 Å². The SMILES string of the molecule is COCCN1CCC(=NO)C(C)C1. The number of rotatable bonds is 3. The lowest BCUT2D eigenvalue weighted by molar-refractivity contribution is 0.139. The van der Waals surface area contributed by atoms with E-state index >= 15 is 0 Å². The van der Waals surface area contributed by atoms with E-state index in [-0.39, 0.29) is 0 Å². The standard InChI is InChI=1S/C9H18N2O2/c1-8-7-11(5-6-13-2)4-3-9(8)10-12/h8,12H,3-7H2,1-2H3. The molecular weight excluding hydrogens is 168 g/mol. The molecule has 0 saturated carbocycles. The van der Waals surface area contributed by atoms with E-state index in [0.29, 0.717) is 5.92 Å². The van der Waals surface area contributed by atoms with Gasteiger partial charge in [0.25, 0.3) is 0 Å². The van der Waals surface area contributed by atoms with Crippen LogP contribution in [0.5, 0.6) is 0 Å². The van der Waals surface area contributed by atoms with Crippen molar-refractivity contribution in [3.8, 4) is 0 Å². The molecule has 1 atom stereocenters. The van der Waals surface area contributed by atoms with E-state index in [1.54, 1.807) is 7.11 Å². The molecule has 0 aromatic rings. The molecule has 1 unspecified atom stereocenters. The van der Waals surface area contributed by atoms with Crippen LogP contribution in [0.1, 0.15) is 13.3 Å². The first-order chi connectivity index (χ1) is 6.27. The van der Waals surface area contributed by atoms with Crippen LogP contribution in [0.3, 0.4) is 0 Å². The van der Waals surface area contributed by atoms with Crippen molar-refractivity contribution in [2.24, 2.45) is 11.1 Å². The molecule has 1 heterocycles. The van der Waals surface area contributed by atoms with Crippen molar-refractivity contribution in [1.82, 2.24) is 4.90 Å². The minimum absolute atomic E-state index is 0.371. The Morgan fingerprint density at radius 2 is 2.46 bits per heavy atom. The van der Waals surface area contributed by atoms with Crippen molar-refractivity contribution in [3.63, 3.8) is 0 Å². The van der Waals surface area contributed by atoms with Gasteiger partial charge in [-0.2, -0.15) is 0 Å². The van der Waals surface area contributed by atoms with Crippen LogP contribution in [0, 0.1) is 5.92 Å². The van der Waals surface area contributed by atoms with E-state index in [1.165, 1.54) is 0 Å². The van der Waals surface area contributed by atoms with Gasteiger partial charge in [-0.05, 0) is 0 Å². The summed E-state index contributed by atoms with van der Waals surface area (Å²) in [5.74, 6) is 0.371. The third-order valence-corrected chi connectivity index (χ3v) is 2.53. The van der Waals surface area contributed by atoms with E-state index in [2.05, 4.69) is 17.0 Å². The predicted octanol–water partition coefficient (Wildman–Crippen LogP) is 0.805. The van der Waals surface area contributed by atoms with Crippen molar-refractivity contribution in [1.29, 1.82) is 0 Å². The molecule has 1 aliphatic rings. The van der Waals surface area contributed by atoms with E-state index in [4.69, 9.17) is 9.94 Å². The maximum atomic E-state index is 8.67. The molecule has 0 aromatic heterocycles. The Balaban J connectivity index is 2.32. The molecule has 1 saturated heterocycles. The van der Waals surface area contributed by atoms with E-state index in [1.807, 2.05) is 0 Å². The van der Waals surface area contributed by atoms with Crippen molar-refractivity contribution >= 4 is 5.71 Å². The Morgan fingerprint density at radius 1 is 1.69 bits per heavy atom. The van der Waals surface area contributed by atoms with Gasteiger partial charge in [0.05, 0.1) is 12.3 Å². The Kier molecular flexibility index (Phi) is 4.18. The fourth-order valence-corrected chi connectivity index (χ4v) is 1.68. The highest BCUT2D eigenvalue weighted by molar-refractivity contribution is 5.86. The Morgan fingerprint density at radius 3 is 3.00 bits per heavy atom. The third-order valence-electron chi connectivity index (χ3n) is 2.53. The fraction of sp³-hybridized carbons (Fsp3) is 0.889. The number of ether oxygens (including phenoxy) is 1. The average Bonchev–Trinajstić information content (AvgIpc) is 2.15. The van der Waals surface area contributed by atoms with Gasteiger partial charge >= 0.3 is 0 Å². The second-order valence-corrected chi connectivity index (χ2v) is 3.54. The minimum atomic E-state index is 0.371. The van der Waals surface area contributed by atoms with Crippen LogP contribution < -0.4 is 0 Å². The van der Waals surface area contributed by atoms with Gasteiger partial charge in [-0.3, -0.25) is 0 Å². The summed E-state index contributed by atoms with van der Waals surface area (Å²) in [6.45, 7) is 5.79. The van der Waals surface area contributed by atoms with Crippen LogP contribution in [0.15, 0.2) is 5.16 Å². The molecule has 1 rings (SSSR count). The number of hydrogen-bond acceptors (Lipinski definition) is 4. The highest BCUT2D eigenvalue weighted by Crippen LogP contribution is 2.12. The van der Waals surface area contributed by atoms with Crippen LogP contribution in [0.25, 0.3) is 0 Å². The summed E-state index contributed by atoms with van der Waals surface area (Å²) in [5.41, 5.74) is 0.925. The van der Waals surface area contributed by atoms with E-state index in [0.717, 1.165) is 38.4 Å². The molecule has 0 aliphatic carbocycles.